The highest BCUT2D eigenvalue weighted by atomic mass is 14.0. The average Bonchev–Trinajstić information content (AvgIpc) is 2.78. The lowest BCUT2D eigenvalue weighted by molar-refractivity contribution is 0.504. The highest BCUT2D eigenvalue weighted by Crippen LogP contribution is 2.15. The van der Waals surface area contributed by atoms with Crippen molar-refractivity contribution in [1.82, 2.24) is 0 Å². The lowest BCUT2D eigenvalue weighted by atomic mass is 10.0. The molecule has 1 unspecified atom stereocenters. The Bertz CT molecular complexity index is 204. The van der Waals surface area contributed by atoms with Crippen molar-refractivity contribution in [1.29, 1.82) is 0 Å². The summed E-state index contributed by atoms with van der Waals surface area (Å²) >= 11 is 0. The summed E-state index contributed by atoms with van der Waals surface area (Å²) in [5.74, 6) is 1.46. The molecular weight excluding hydrogens is 372 g/mol. The van der Waals surface area contributed by atoms with E-state index in [1.165, 1.54) is 64.2 Å². The zero-order valence-corrected chi connectivity index (χ0v) is 25.7. The zero-order chi connectivity index (χ0) is 26.3. The van der Waals surface area contributed by atoms with Gasteiger partial charge in [-0.15, -0.1) is 6.58 Å². The summed E-state index contributed by atoms with van der Waals surface area (Å²) in [6, 6.07) is 0. The Balaban J connectivity index is -0.0000000466. The zero-order valence-electron chi connectivity index (χ0n) is 25.7. The van der Waals surface area contributed by atoms with Gasteiger partial charge in [0.2, 0.25) is 0 Å². The van der Waals surface area contributed by atoms with Crippen LogP contribution in [-0.2, 0) is 0 Å². The van der Waals surface area contributed by atoms with Crippen LogP contribution in [0.15, 0.2) is 24.8 Å². The van der Waals surface area contributed by atoms with E-state index < -0.39 is 0 Å². The Morgan fingerprint density at radius 2 is 1.00 bits per heavy atom. The molecule has 0 saturated heterocycles. The molecule has 0 amide bonds. The average molecular weight is 445 g/mol. The number of allylic oxidation sites excluding steroid dienone is 3. The van der Waals surface area contributed by atoms with Crippen LogP contribution < -0.4 is 0 Å². The molecule has 0 aromatic carbocycles. The molecular formula is C31H72. The van der Waals surface area contributed by atoms with Gasteiger partial charge < -0.3 is 0 Å². The molecule has 0 nitrogen and oxygen atoms in total. The summed E-state index contributed by atoms with van der Waals surface area (Å²) in [6.07, 6.45) is 20.2. The standard InChI is InChI=1S/C9H18.C7H14.C4H8.C3H8.4C2H6/c1-5-9(4)7-6-8(2)3;1-3-5-7-6-4-2;1-2-4-3-1;1-3-2;4*1-2/h6-9H,5H2,1-4H3;3H,1,4-7H2,2H3;1-4H2;3H2,1-2H3;4*1-2H3. The quantitative estimate of drug-likeness (QED) is 0.270. The van der Waals surface area contributed by atoms with Gasteiger partial charge in [0.1, 0.15) is 0 Å². The maximum Gasteiger partial charge on any atom is -0.0264 e. The van der Waals surface area contributed by atoms with Gasteiger partial charge in [-0.2, -0.15) is 0 Å². The third-order valence-corrected chi connectivity index (χ3v) is 3.48. The van der Waals surface area contributed by atoms with Gasteiger partial charge in [-0.25, -0.2) is 0 Å². The molecule has 1 rings (SSSR count). The largest absolute Gasteiger partial charge is 0.103 e. The molecule has 0 spiro atoms. The van der Waals surface area contributed by atoms with Crippen molar-refractivity contribution in [3.8, 4) is 0 Å². The maximum absolute atomic E-state index is 3.63. The van der Waals surface area contributed by atoms with E-state index in [2.05, 4.69) is 67.2 Å². The molecule has 0 radical (unpaired) electrons. The van der Waals surface area contributed by atoms with Crippen molar-refractivity contribution < 1.29 is 0 Å². The Morgan fingerprint density at radius 3 is 1.19 bits per heavy atom. The topological polar surface area (TPSA) is 0 Å². The molecule has 0 N–H and O–H groups in total. The van der Waals surface area contributed by atoms with E-state index >= 15 is 0 Å². The van der Waals surface area contributed by atoms with E-state index in [9.17, 15) is 0 Å². The molecule has 31 heavy (non-hydrogen) atoms. The maximum atomic E-state index is 3.63. The second-order valence-corrected chi connectivity index (χ2v) is 6.92. The molecule has 1 atom stereocenters. The number of unbranched alkanes of at least 4 members (excludes halogenated alkanes) is 3. The molecule has 0 heterocycles. The molecule has 0 aromatic heterocycles. The van der Waals surface area contributed by atoms with Crippen LogP contribution in [0, 0.1) is 11.8 Å². The van der Waals surface area contributed by atoms with Crippen LogP contribution in [0.1, 0.15) is 168 Å². The van der Waals surface area contributed by atoms with E-state index in [0.717, 1.165) is 5.92 Å². The first kappa shape index (κ1) is 48.0. The summed E-state index contributed by atoms with van der Waals surface area (Å²) in [7, 11) is 0. The van der Waals surface area contributed by atoms with E-state index in [-0.39, 0.29) is 0 Å². The fourth-order valence-corrected chi connectivity index (χ4v) is 1.34. The van der Waals surface area contributed by atoms with Crippen molar-refractivity contribution in [2.24, 2.45) is 11.8 Å². The second kappa shape index (κ2) is 70.0. The molecule has 0 aromatic rings. The SMILES string of the molecule is C1CCC1.C=CCCCCC.CC.CC.CC.CC.CCC.CCC(C)C=CC(C)C. The van der Waals surface area contributed by atoms with Gasteiger partial charge >= 0.3 is 0 Å². The minimum Gasteiger partial charge on any atom is -0.103 e. The van der Waals surface area contributed by atoms with E-state index in [4.69, 9.17) is 0 Å². The number of hydrogen-bond acceptors (Lipinski definition) is 0. The number of rotatable bonds is 7. The van der Waals surface area contributed by atoms with Crippen molar-refractivity contribution in [3.63, 3.8) is 0 Å². The van der Waals surface area contributed by atoms with Crippen LogP contribution in [0.2, 0.25) is 0 Å². The highest BCUT2D eigenvalue weighted by Gasteiger charge is 1.95. The van der Waals surface area contributed by atoms with Crippen molar-refractivity contribution in [2.75, 3.05) is 0 Å². The minimum atomic E-state index is 0.707. The second-order valence-electron chi connectivity index (χ2n) is 6.92. The first-order chi connectivity index (χ1) is 15.0. The normalized spacial score (nSPS) is 10.8. The summed E-state index contributed by atoms with van der Waals surface area (Å²) < 4.78 is 0. The Labute approximate surface area is 204 Å². The fourth-order valence-electron chi connectivity index (χ4n) is 1.34. The van der Waals surface area contributed by atoms with Gasteiger partial charge in [0.15, 0.2) is 0 Å². The van der Waals surface area contributed by atoms with Gasteiger partial charge in [-0.05, 0) is 24.7 Å². The first-order valence-corrected chi connectivity index (χ1v) is 14.3. The predicted molar refractivity (Wildman–Crippen MR) is 158 cm³/mol. The molecule has 0 bridgehead atoms. The van der Waals surface area contributed by atoms with Crippen LogP contribution in [0.25, 0.3) is 0 Å². The van der Waals surface area contributed by atoms with Gasteiger partial charge in [0, 0.05) is 0 Å². The van der Waals surface area contributed by atoms with Gasteiger partial charge in [-0.3, -0.25) is 0 Å². The summed E-state index contributed by atoms with van der Waals surface area (Å²) in [5, 5.41) is 0. The predicted octanol–water partition coefficient (Wildman–Crippen LogP) is 13.1. The van der Waals surface area contributed by atoms with Crippen LogP contribution in [-0.4, -0.2) is 0 Å². The summed E-state index contributed by atoms with van der Waals surface area (Å²) in [4.78, 5) is 0. The van der Waals surface area contributed by atoms with Crippen LogP contribution >= 0.6 is 0 Å². The third-order valence-electron chi connectivity index (χ3n) is 3.48. The Morgan fingerprint density at radius 1 is 0.645 bits per heavy atom. The van der Waals surface area contributed by atoms with Crippen LogP contribution in [0.3, 0.4) is 0 Å². The Kier molecular flexibility index (Phi) is 109. The molecule has 1 saturated carbocycles. The number of hydrogen-bond donors (Lipinski definition) is 0. The van der Waals surface area contributed by atoms with Crippen molar-refractivity contribution >= 4 is 0 Å². The van der Waals surface area contributed by atoms with E-state index in [1.807, 2.05) is 61.5 Å². The van der Waals surface area contributed by atoms with Crippen LogP contribution in [0.4, 0.5) is 0 Å². The van der Waals surface area contributed by atoms with E-state index in [0.29, 0.717) is 5.92 Å². The first-order valence-electron chi connectivity index (χ1n) is 14.3. The summed E-state index contributed by atoms with van der Waals surface area (Å²) in [5.41, 5.74) is 0. The molecule has 1 aliphatic rings. The highest BCUT2D eigenvalue weighted by molar-refractivity contribution is 4.87. The van der Waals surface area contributed by atoms with Crippen LogP contribution in [0.5, 0.6) is 0 Å². The third kappa shape index (κ3) is 106. The van der Waals surface area contributed by atoms with Gasteiger partial charge in [0.05, 0.1) is 0 Å². The molecule has 196 valence electrons. The van der Waals surface area contributed by atoms with E-state index in [1.54, 1.807) is 0 Å². The smallest absolute Gasteiger partial charge is 0.0264 e. The minimum absolute atomic E-state index is 0.707. The van der Waals surface area contributed by atoms with Crippen molar-refractivity contribution in [3.05, 3.63) is 24.8 Å². The lowest BCUT2D eigenvalue weighted by Crippen LogP contribution is -1.86. The fraction of sp³-hybridized carbons (Fsp3) is 0.871. The molecule has 1 aliphatic carbocycles. The molecule has 1 fully saturated rings. The molecule has 0 aliphatic heterocycles. The Hall–Kier alpha value is -0.520. The lowest BCUT2D eigenvalue weighted by Gasteiger charge is -2.05. The summed E-state index contributed by atoms with van der Waals surface area (Å²) in [6.45, 7) is 35.0. The van der Waals surface area contributed by atoms with Gasteiger partial charge in [0.25, 0.3) is 0 Å². The molecule has 0 heteroatoms. The monoisotopic (exact) mass is 445 g/mol. The van der Waals surface area contributed by atoms with Gasteiger partial charge in [-0.1, -0.05) is 173 Å². The van der Waals surface area contributed by atoms with Crippen molar-refractivity contribution in [2.45, 2.75) is 168 Å².